The Hall–Kier alpha value is -1.76. The summed E-state index contributed by atoms with van der Waals surface area (Å²) >= 11 is 1.82. The molecule has 0 aromatic heterocycles. The highest BCUT2D eigenvalue weighted by atomic mass is 32.2. The van der Waals surface area contributed by atoms with Crippen molar-refractivity contribution in [2.75, 3.05) is 6.54 Å². The third kappa shape index (κ3) is 4.63. The predicted octanol–water partition coefficient (Wildman–Crippen LogP) is 4.52. The Morgan fingerprint density at radius 2 is 1.76 bits per heavy atom. The van der Waals surface area contributed by atoms with Gasteiger partial charge in [-0.15, -0.1) is 11.8 Å². The number of rotatable bonds is 6. The second kappa shape index (κ2) is 7.87. The molecule has 1 N–H and O–H groups in total. The molecule has 0 fully saturated rings. The molecule has 0 saturated heterocycles. The summed E-state index contributed by atoms with van der Waals surface area (Å²) in [6.45, 7) is 5.29. The van der Waals surface area contributed by atoms with Gasteiger partial charge in [-0.2, -0.15) is 5.26 Å². The Morgan fingerprint density at radius 3 is 2.33 bits per heavy atom. The van der Waals surface area contributed by atoms with Crippen LogP contribution in [-0.4, -0.2) is 6.54 Å². The highest BCUT2D eigenvalue weighted by Crippen LogP contribution is 2.24. The average Bonchev–Trinajstić information content (AvgIpc) is 2.54. The molecule has 1 unspecified atom stereocenters. The maximum atomic E-state index is 8.79. The minimum Gasteiger partial charge on any atom is -0.310 e. The first kappa shape index (κ1) is 15.6. The molecule has 21 heavy (non-hydrogen) atoms. The summed E-state index contributed by atoms with van der Waals surface area (Å²) in [6, 6.07) is 19.1. The molecule has 0 aliphatic carbocycles. The molecule has 2 rings (SSSR count). The van der Waals surface area contributed by atoms with E-state index >= 15 is 0 Å². The summed E-state index contributed by atoms with van der Waals surface area (Å²) in [5, 5.41) is 12.2. The normalized spacial score (nSPS) is 11.9. The summed E-state index contributed by atoms with van der Waals surface area (Å²) in [7, 11) is 0. The SMILES string of the molecule is CCNC(C)c1ccc(SCc2ccc(C#N)cc2)cc1. The Labute approximate surface area is 131 Å². The van der Waals surface area contributed by atoms with Gasteiger partial charge in [0, 0.05) is 16.7 Å². The van der Waals surface area contributed by atoms with E-state index in [9.17, 15) is 0 Å². The fourth-order valence-electron chi connectivity index (χ4n) is 2.12. The van der Waals surface area contributed by atoms with Gasteiger partial charge in [0.25, 0.3) is 0 Å². The summed E-state index contributed by atoms with van der Waals surface area (Å²) in [6.07, 6.45) is 0. The molecule has 2 aromatic carbocycles. The van der Waals surface area contributed by atoms with Crippen molar-refractivity contribution in [3.63, 3.8) is 0 Å². The standard InChI is InChI=1S/C18H20N2S/c1-3-20-14(2)17-8-10-18(11-9-17)21-13-16-6-4-15(12-19)5-7-16/h4-11,14,20H,3,13H2,1-2H3. The van der Waals surface area contributed by atoms with Gasteiger partial charge in [-0.05, 0) is 48.9 Å². The molecule has 0 aliphatic heterocycles. The molecule has 0 spiro atoms. The average molecular weight is 296 g/mol. The van der Waals surface area contributed by atoms with Gasteiger partial charge in [0.15, 0.2) is 0 Å². The summed E-state index contributed by atoms with van der Waals surface area (Å²) < 4.78 is 0. The fourth-order valence-corrected chi connectivity index (χ4v) is 2.97. The third-order valence-corrected chi connectivity index (χ3v) is 4.46. The van der Waals surface area contributed by atoms with Gasteiger partial charge in [0.2, 0.25) is 0 Å². The van der Waals surface area contributed by atoms with Crippen molar-refractivity contribution < 1.29 is 0 Å². The molecule has 0 amide bonds. The number of hydrogen-bond donors (Lipinski definition) is 1. The molecule has 3 heteroatoms. The third-order valence-electron chi connectivity index (χ3n) is 3.38. The molecular formula is C18H20N2S. The number of nitriles is 1. The van der Waals surface area contributed by atoms with E-state index in [-0.39, 0.29) is 0 Å². The Morgan fingerprint density at radius 1 is 1.10 bits per heavy atom. The maximum Gasteiger partial charge on any atom is 0.0991 e. The minimum atomic E-state index is 0.396. The van der Waals surface area contributed by atoms with Crippen LogP contribution in [0.15, 0.2) is 53.4 Å². The fraction of sp³-hybridized carbons (Fsp3) is 0.278. The first-order valence-electron chi connectivity index (χ1n) is 7.18. The van der Waals surface area contributed by atoms with Crippen LogP contribution in [0.25, 0.3) is 0 Å². The van der Waals surface area contributed by atoms with Crippen molar-refractivity contribution in [2.45, 2.75) is 30.5 Å². The van der Waals surface area contributed by atoms with Gasteiger partial charge in [0.05, 0.1) is 11.6 Å². The van der Waals surface area contributed by atoms with Gasteiger partial charge < -0.3 is 5.32 Å². The lowest BCUT2D eigenvalue weighted by Crippen LogP contribution is -2.17. The number of thioether (sulfide) groups is 1. The molecule has 0 aliphatic rings. The lowest BCUT2D eigenvalue weighted by atomic mass is 10.1. The van der Waals surface area contributed by atoms with E-state index in [1.165, 1.54) is 16.0 Å². The second-order valence-electron chi connectivity index (χ2n) is 4.95. The molecule has 0 bridgehead atoms. The Kier molecular flexibility index (Phi) is 5.86. The van der Waals surface area contributed by atoms with Crippen LogP contribution in [0.2, 0.25) is 0 Å². The second-order valence-corrected chi connectivity index (χ2v) is 5.99. The van der Waals surface area contributed by atoms with Gasteiger partial charge >= 0.3 is 0 Å². The summed E-state index contributed by atoms with van der Waals surface area (Å²) in [5.41, 5.74) is 3.27. The van der Waals surface area contributed by atoms with Crippen LogP contribution in [0.3, 0.4) is 0 Å². The molecule has 2 aromatic rings. The molecule has 1 atom stereocenters. The molecule has 2 nitrogen and oxygen atoms in total. The predicted molar refractivity (Wildman–Crippen MR) is 89.3 cm³/mol. The van der Waals surface area contributed by atoms with Crippen LogP contribution >= 0.6 is 11.8 Å². The summed E-state index contributed by atoms with van der Waals surface area (Å²) in [4.78, 5) is 1.27. The molecule has 0 saturated carbocycles. The highest BCUT2D eigenvalue weighted by Gasteiger charge is 2.03. The van der Waals surface area contributed by atoms with Crippen LogP contribution in [0.4, 0.5) is 0 Å². The van der Waals surface area contributed by atoms with Crippen molar-refractivity contribution in [1.82, 2.24) is 5.32 Å². The van der Waals surface area contributed by atoms with E-state index < -0.39 is 0 Å². The first-order valence-corrected chi connectivity index (χ1v) is 8.16. The zero-order valence-corrected chi connectivity index (χ0v) is 13.3. The van der Waals surface area contributed by atoms with Crippen molar-refractivity contribution in [2.24, 2.45) is 0 Å². The maximum absolute atomic E-state index is 8.79. The van der Waals surface area contributed by atoms with Gasteiger partial charge in [-0.3, -0.25) is 0 Å². The van der Waals surface area contributed by atoms with E-state index in [0.29, 0.717) is 11.6 Å². The van der Waals surface area contributed by atoms with E-state index in [4.69, 9.17) is 5.26 Å². The van der Waals surface area contributed by atoms with E-state index in [1.807, 2.05) is 36.0 Å². The number of hydrogen-bond acceptors (Lipinski definition) is 3. The van der Waals surface area contributed by atoms with Crippen LogP contribution in [0, 0.1) is 11.3 Å². The largest absolute Gasteiger partial charge is 0.310 e. The highest BCUT2D eigenvalue weighted by molar-refractivity contribution is 7.98. The van der Waals surface area contributed by atoms with Crippen molar-refractivity contribution in [1.29, 1.82) is 5.26 Å². The van der Waals surface area contributed by atoms with Crippen LogP contribution in [0.5, 0.6) is 0 Å². The van der Waals surface area contributed by atoms with Crippen LogP contribution in [-0.2, 0) is 5.75 Å². The first-order chi connectivity index (χ1) is 10.2. The van der Waals surface area contributed by atoms with E-state index in [2.05, 4.69) is 49.5 Å². The number of benzene rings is 2. The van der Waals surface area contributed by atoms with Gasteiger partial charge in [-0.25, -0.2) is 0 Å². The molecular weight excluding hydrogens is 276 g/mol. The lowest BCUT2D eigenvalue weighted by molar-refractivity contribution is 0.598. The lowest BCUT2D eigenvalue weighted by Gasteiger charge is -2.13. The smallest absolute Gasteiger partial charge is 0.0991 e. The van der Waals surface area contributed by atoms with Gasteiger partial charge in [0.1, 0.15) is 0 Å². The number of nitrogens with zero attached hydrogens (tertiary/aromatic N) is 1. The molecule has 0 heterocycles. The molecule has 0 radical (unpaired) electrons. The van der Waals surface area contributed by atoms with E-state index in [0.717, 1.165) is 12.3 Å². The Bertz CT molecular complexity index is 597. The van der Waals surface area contributed by atoms with Crippen LogP contribution < -0.4 is 5.32 Å². The van der Waals surface area contributed by atoms with Crippen molar-refractivity contribution >= 4 is 11.8 Å². The van der Waals surface area contributed by atoms with Gasteiger partial charge in [-0.1, -0.05) is 31.2 Å². The zero-order chi connectivity index (χ0) is 15.1. The topological polar surface area (TPSA) is 35.8 Å². The Balaban J connectivity index is 1.92. The molecule has 108 valence electrons. The monoisotopic (exact) mass is 296 g/mol. The van der Waals surface area contributed by atoms with Crippen molar-refractivity contribution in [3.8, 4) is 6.07 Å². The quantitative estimate of drug-likeness (QED) is 0.796. The van der Waals surface area contributed by atoms with E-state index in [1.54, 1.807) is 0 Å². The minimum absolute atomic E-state index is 0.396. The number of nitrogens with one attached hydrogen (secondary N) is 1. The van der Waals surface area contributed by atoms with Crippen molar-refractivity contribution in [3.05, 3.63) is 65.2 Å². The summed E-state index contributed by atoms with van der Waals surface area (Å²) in [5.74, 6) is 0.924. The van der Waals surface area contributed by atoms with Crippen LogP contribution in [0.1, 0.15) is 36.6 Å². The zero-order valence-electron chi connectivity index (χ0n) is 12.5.